The molecule has 264 valence electrons. The summed E-state index contributed by atoms with van der Waals surface area (Å²) in [7, 11) is 1.58. The fraction of sp³-hybridized carbons (Fsp3) is 0.0698. The SMILES string of the molecule is COc1ccccc1-c1ccc(/C=C(\NC(=O)c2ccccc2)C(=O)Nc2ccc(S[C@H](C(=O)Nc3ccc(C(C)=O)cc3)c3ccccc3)cc2)o1. The number of thioether (sulfide) groups is 1. The summed E-state index contributed by atoms with van der Waals surface area (Å²) in [5, 5.41) is 7.95. The van der Waals surface area contributed by atoms with Crippen LogP contribution in [0.25, 0.3) is 17.4 Å². The molecule has 1 atom stereocenters. The number of amides is 3. The minimum absolute atomic E-state index is 0.0321. The second kappa shape index (κ2) is 17.0. The molecular weight excluding hydrogens is 687 g/mol. The van der Waals surface area contributed by atoms with Gasteiger partial charge in [0, 0.05) is 33.5 Å². The zero-order chi connectivity index (χ0) is 37.2. The summed E-state index contributed by atoms with van der Waals surface area (Å²) in [5.74, 6) is 0.189. The third kappa shape index (κ3) is 9.37. The highest BCUT2D eigenvalue weighted by molar-refractivity contribution is 8.00. The molecule has 0 radical (unpaired) electrons. The highest BCUT2D eigenvalue weighted by Crippen LogP contribution is 2.37. The van der Waals surface area contributed by atoms with Crippen molar-refractivity contribution in [1.82, 2.24) is 5.32 Å². The molecule has 6 rings (SSSR count). The molecular formula is C43H35N3O6S. The van der Waals surface area contributed by atoms with Crippen molar-refractivity contribution in [1.29, 1.82) is 0 Å². The largest absolute Gasteiger partial charge is 0.496 e. The molecule has 9 nitrogen and oxygen atoms in total. The van der Waals surface area contributed by atoms with Gasteiger partial charge < -0.3 is 25.1 Å². The Bertz CT molecular complexity index is 2250. The zero-order valence-corrected chi connectivity index (χ0v) is 29.7. The summed E-state index contributed by atoms with van der Waals surface area (Å²) >= 11 is 1.35. The average molecular weight is 722 g/mol. The predicted molar refractivity (Wildman–Crippen MR) is 208 cm³/mol. The van der Waals surface area contributed by atoms with Crippen LogP contribution in [-0.4, -0.2) is 30.6 Å². The van der Waals surface area contributed by atoms with Crippen molar-refractivity contribution in [3.8, 4) is 17.1 Å². The zero-order valence-electron chi connectivity index (χ0n) is 28.9. The maximum absolute atomic E-state index is 13.7. The Hall–Kier alpha value is -6.65. The topological polar surface area (TPSA) is 127 Å². The smallest absolute Gasteiger partial charge is 0.272 e. The van der Waals surface area contributed by atoms with Crippen molar-refractivity contribution in [3.05, 3.63) is 174 Å². The quantitative estimate of drug-likeness (QED) is 0.0617. The lowest BCUT2D eigenvalue weighted by Gasteiger charge is -2.18. The van der Waals surface area contributed by atoms with Crippen LogP contribution in [0.3, 0.4) is 0 Å². The van der Waals surface area contributed by atoms with E-state index in [0.717, 1.165) is 16.0 Å². The van der Waals surface area contributed by atoms with E-state index in [0.29, 0.717) is 39.8 Å². The summed E-state index contributed by atoms with van der Waals surface area (Å²) in [5.41, 5.74) is 3.51. The van der Waals surface area contributed by atoms with E-state index in [1.54, 1.807) is 86.0 Å². The average Bonchev–Trinajstić information content (AvgIpc) is 3.66. The number of Topliss-reactive ketones (excluding diaryl/α,β-unsaturated/α-hetero) is 1. The predicted octanol–water partition coefficient (Wildman–Crippen LogP) is 9.04. The first-order chi connectivity index (χ1) is 25.8. The van der Waals surface area contributed by atoms with E-state index in [9.17, 15) is 19.2 Å². The number of para-hydroxylation sites is 1. The maximum Gasteiger partial charge on any atom is 0.272 e. The van der Waals surface area contributed by atoms with Crippen LogP contribution in [0.1, 0.15) is 44.2 Å². The van der Waals surface area contributed by atoms with Gasteiger partial charge in [-0.1, -0.05) is 60.7 Å². The van der Waals surface area contributed by atoms with Gasteiger partial charge in [-0.15, -0.1) is 11.8 Å². The van der Waals surface area contributed by atoms with Crippen molar-refractivity contribution in [2.24, 2.45) is 0 Å². The molecule has 0 saturated carbocycles. The van der Waals surface area contributed by atoms with Crippen LogP contribution in [0.4, 0.5) is 11.4 Å². The van der Waals surface area contributed by atoms with Gasteiger partial charge in [-0.05, 0) is 97.4 Å². The Morgan fingerprint density at radius 2 is 1.30 bits per heavy atom. The van der Waals surface area contributed by atoms with Gasteiger partial charge in [0.2, 0.25) is 5.91 Å². The van der Waals surface area contributed by atoms with Crippen LogP contribution in [0.5, 0.6) is 5.75 Å². The van der Waals surface area contributed by atoms with Gasteiger partial charge in [0.15, 0.2) is 5.78 Å². The van der Waals surface area contributed by atoms with Crippen molar-refractivity contribution < 1.29 is 28.3 Å². The molecule has 10 heteroatoms. The Labute approximate surface area is 311 Å². The number of ether oxygens (including phenoxy) is 1. The van der Waals surface area contributed by atoms with Crippen LogP contribution < -0.4 is 20.7 Å². The van der Waals surface area contributed by atoms with E-state index in [1.165, 1.54) is 24.8 Å². The standard InChI is InChI=1S/C43H35N3O6S/c1-28(47)29-17-19-32(20-18-29)45-43(50)40(30-11-5-3-6-12-30)53-35-24-21-33(22-25-35)44-42(49)37(46-41(48)31-13-7-4-8-14-31)27-34-23-26-39(52-34)36-15-9-10-16-38(36)51-2/h3-27,40H,1-2H3,(H,44,49)(H,45,50)(H,46,48)/b37-27-/t40-/m0/s1. The molecule has 1 heterocycles. The number of carbonyl (C=O) groups is 4. The van der Waals surface area contributed by atoms with Crippen molar-refractivity contribution in [3.63, 3.8) is 0 Å². The Kier molecular flexibility index (Phi) is 11.6. The number of furan rings is 1. The Morgan fingerprint density at radius 1 is 0.679 bits per heavy atom. The third-order valence-corrected chi connectivity index (χ3v) is 9.35. The van der Waals surface area contributed by atoms with E-state index in [2.05, 4.69) is 16.0 Å². The summed E-state index contributed by atoms with van der Waals surface area (Å²) < 4.78 is 11.5. The Morgan fingerprint density at radius 3 is 1.98 bits per heavy atom. The van der Waals surface area contributed by atoms with E-state index in [1.807, 2.05) is 66.7 Å². The molecule has 6 aromatic rings. The number of ketones is 1. The van der Waals surface area contributed by atoms with Crippen molar-refractivity contribution in [2.75, 3.05) is 17.7 Å². The van der Waals surface area contributed by atoms with Crippen LogP contribution in [0.2, 0.25) is 0 Å². The molecule has 0 spiro atoms. The molecule has 3 N–H and O–H groups in total. The number of nitrogens with one attached hydrogen (secondary N) is 3. The molecule has 0 fully saturated rings. The normalized spacial score (nSPS) is 11.6. The fourth-order valence-corrected chi connectivity index (χ4v) is 6.38. The maximum atomic E-state index is 13.7. The number of hydrogen-bond acceptors (Lipinski definition) is 7. The van der Waals surface area contributed by atoms with E-state index < -0.39 is 17.1 Å². The van der Waals surface area contributed by atoms with Crippen LogP contribution in [-0.2, 0) is 9.59 Å². The number of benzene rings is 5. The van der Waals surface area contributed by atoms with Gasteiger partial charge in [0.25, 0.3) is 11.8 Å². The summed E-state index contributed by atoms with van der Waals surface area (Å²) in [6.07, 6.45) is 1.47. The first-order valence-electron chi connectivity index (χ1n) is 16.6. The number of hydrogen-bond donors (Lipinski definition) is 3. The van der Waals surface area contributed by atoms with Gasteiger partial charge in [-0.3, -0.25) is 19.2 Å². The van der Waals surface area contributed by atoms with Crippen molar-refractivity contribution in [2.45, 2.75) is 17.1 Å². The lowest BCUT2D eigenvalue weighted by Crippen LogP contribution is -2.30. The molecule has 0 aliphatic rings. The number of anilines is 2. The number of rotatable bonds is 13. The number of methoxy groups -OCH3 is 1. The van der Waals surface area contributed by atoms with E-state index in [4.69, 9.17) is 9.15 Å². The second-order valence-corrected chi connectivity index (χ2v) is 13.0. The second-order valence-electron chi connectivity index (χ2n) is 11.8. The fourth-order valence-electron chi connectivity index (χ4n) is 5.36. The molecule has 5 aromatic carbocycles. The lowest BCUT2D eigenvalue weighted by molar-refractivity contribution is -0.116. The highest BCUT2D eigenvalue weighted by atomic mass is 32.2. The van der Waals surface area contributed by atoms with Crippen LogP contribution in [0, 0.1) is 0 Å². The van der Waals surface area contributed by atoms with E-state index in [-0.39, 0.29) is 17.4 Å². The minimum Gasteiger partial charge on any atom is -0.496 e. The highest BCUT2D eigenvalue weighted by Gasteiger charge is 2.23. The molecule has 0 aliphatic carbocycles. The van der Waals surface area contributed by atoms with Crippen molar-refractivity contribution >= 4 is 52.7 Å². The molecule has 0 aliphatic heterocycles. The van der Waals surface area contributed by atoms with Gasteiger partial charge >= 0.3 is 0 Å². The van der Waals surface area contributed by atoms with Crippen LogP contribution in [0.15, 0.2) is 161 Å². The Balaban J connectivity index is 1.20. The summed E-state index contributed by atoms with van der Waals surface area (Å²) in [6, 6.07) is 42.7. The third-order valence-electron chi connectivity index (χ3n) is 8.08. The van der Waals surface area contributed by atoms with Crippen LogP contribution >= 0.6 is 11.8 Å². The molecule has 0 bridgehead atoms. The molecule has 0 unspecified atom stereocenters. The van der Waals surface area contributed by atoms with E-state index >= 15 is 0 Å². The minimum atomic E-state index is -0.596. The first-order valence-corrected chi connectivity index (χ1v) is 17.5. The molecule has 1 aromatic heterocycles. The van der Waals surface area contributed by atoms with Gasteiger partial charge in [0.1, 0.15) is 28.2 Å². The van der Waals surface area contributed by atoms with Gasteiger partial charge in [-0.25, -0.2) is 0 Å². The summed E-state index contributed by atoms with van der Waals surface area (Å²) in [6.45, 7) is 1.49. The van der Waals surface area contributed by atoms with Gasteiger partial charge in [0.05, 0.1) is 12.7 Å². The first kappa shape index (κ1) is 36.2. The molecule has 0 saturated heterocycles. The van der Waals surface area contributed by atoms with Gasteiger partial charge in [-0.2, -0.15) is 0 Å². The molecule has 53 heavy (non-hydrogen) atoms. The molecule has 3 amide bonds. The number of carbonyl (C=O) groups excluding carboxylic acids is 4. The lowest BCUT2D eigenvalue weighted by atomic mass is 10.1. The summed E-state index contributed by atoms with van der Waals surface area (Å²) in [4.78, 5) is 52.9. The monoisotopic (exact) mass is 721 g/mol.